The van der Waals surface area contributed by atoms with Crippen molar-refractivity contribution in [3.8, 4) is 5.75 Å². The molecule has 1 aromatic rings. The Morgan fingerprint density at radius 2 is 2.10 bits per heavy atom. The Morgan fingerprint density at radius 1 is 1.30 bits per heavy atom. The van der Waals surface area contributed by atoms with Gasteiger partial charge in [-0.3, -0.25) is 4.79 Å². The van der Waals surface area contributed by atoms with Crippen LogP contribution in [0.25, 0.3) is 0 Å². The average molecular weight is 343 g/mol. The highest BCUT2D eigenvalue weighted by Crippen LogP contribution is 2.25. The van der Waals surface area contributed by atoms with E-state index in [9.17, 15) is 4.79 Å². The minimum Gasteiger partial charge on any atom is -0.496 e. The van der Waals surface area contributed by atoms with E-state index in [2.05, 4.69) is 33.5 Å². The summed E-state index contributed by atoms with van der Waals surface area (Å²) in [6, 6.07) is 5.89. The van der Waals surface area contributed by atoms with E-state index in [4.69, 9.17) is 4.74 Å². The lowest BCUT2D eigenvalue weighted by Gasteiger charge is -2.08. The molecule has 1 aromatic carbocycles. The number of hydrogen-bond donors (Lipinski definition) is 2. The lowest BCUT2D eigenvalue weighted by atomic mass is 10.1. The van der Waals surface area contributed by atoms with E-state index < -0.39 is 0 Å². The summed E-state index contributed by atoms with van der Waals surface area (Å²) in [5.74, 6) is 0.899. The largest absolute Gasteiger partial charge is 0.496 e. The van der Waals surface area contributed by atoms with Gasteiger partial charge in [-0.05, 0) is 53.0 Å². The van der Waals surface area contributed by atoms with Crippen molar-refractivity contribution in [3.05, 3.63) is 28.2 Å². The summed E-state index contributed by atoms with van der Waals surface area (Å²) < 4.78 is 6.10. The molecule has 0 aliphatic heterocycles. The zero-order valence-electron chi connectivity index (χ0n) is 12.2. The zero-order valence-corrected chi connectivity index (χ0v) is 13.8. The van der Waals surface area contributed by atoms with Gasteiger partial charge in [0.15, 0.2) is 0 Å². The van der Waals surface area contributed by atoms with Crippen molar-refractivity contribution in [2.24, 2.45) is 0 Å². The van der Waals surface area contributed by atoms with Gasteiger partial charge >= 0.3 is 0 Å². The van der Waals surface area contributed by atoms with Crippen LogP contribution in [-0.2, 0) is 11.2 Å². The molecular formula is C15H23BrN2O2. The van der Waals surface area contributed by atoms with Crippen LogP contribution in [-0.4, -0.2) is 32.7 Å². The van der Waals surface area contributed by atoms with Crippen LogP contribution in [0.2, 0.25) is 0 Å². The van der Waals surface area contributed by atoms with E-state index in [0.29, 0.717) is 13.0 Å². The summed E-state index contributed by atoms with van der Waals surface area (Å²) in [6.45, 7) is 4.63. The highest BCUT2D eigenvalue weighted by atomic mass is 79.9. The zero-order chi connectivity index (χ0) is 14.8. The maximum Gasteiger partial charge on any atom is 0.220 e. The lowest BCUT2D eigenvalue weighted by molar-refractivity contribution is -0.121. The van der Waals surface area contributed by atoms with Crippen LogP contribution in [0, 0.1) is 0 Å². The summed E-state index contributed by atoms with van der Waals surface area (Å²) in [6.07, 6.45) is 2.35. The van der Waals surface area contributed by atoms with E-state index in [1.54, 1.807) is 7.11 Å². The first-order chi connectivity index (χ1) is 9.67. The third-order valence-electron chi connectivity index (χ3n) is 2.91. The van der Waals surface area contributed by atoms with Gasteiger partial charge in [0.1, 0.15) is 5.75 Å². The summed E-state index contributed by atoms with van der Waals surface area (Å²) >= 11 is 3.45. The minimum atomic E-state index is 0.0928. The standard InChI is InChI=1S/C15H23BrN2O2/c1-3-8-17-9-10-18-15(19)7-5-12-4-6-14(20-2)13(16)11-12/h4,6,11,17H,3,5,7-10H2,1-2H3,(H,18,19). The molecule has 0 atom stereocenters. The highest BCUT2D eigenvalue weighted by molar-refractivity contribution is 9.10. The number of halogens is 1. The summed E-state index contributed by atoms with van der Waals surface area (Å²) in [7, 11) is 1.64. The highest BCUT2D eigenvalue weighted by Gasteiger charge is 2.04. The molecule has 0 unspecified atom stereocenters. The van der Waals surface area contributed by atoms with Crippen LogP contribution in [0.3, 0.4) is 0 Å². The topological polar surface area (TPSA) is 50.4 Å². The maximum absolute atomic E-state index is 11.7. The third kappa shape index (κ3) is 6.39. The van der Waals surface area contributed by atoms with Crippen molar-refractivity contribution in [2.75, 3.05) is 26.7 Å². The first-order valence-corrected chi connectivity index (χ1v) is 7.76. The van der Waals surface area contributed by atoms with Crippen LogP contribution in [0.4, 0.5) is 0 Å². The Bertz CT molecular complexity index is 424. The molecule has 0 heterocycles. The van der Waals surface area contributed by atoms with Gasteiger partial charge in [0.2, 0.25) is 5.91 Å². The molecule has 1 amide bonds. The van der Waals surface area contributed by atoms with Crippen LogP contribution in [0.15, 0.2) is 22.7 Å². The van der Waals surface area contributed by atoms with Crippen LogP contribution < -0.4 is 15.4 Å². The van der Waals surface area contributed by atoms with Crippen LogP contribution in [0.5, 0.6) is 5.75 Å². The second-order valence-electron chi connectivity index (χ2n) is 4.57. The first kappa shape index (κ1) is 17.0. The van der Waals surface area contributed by atoms with E-state index in [-0.39, 0.29) is 5.91 Å². The lowest BCUT2D eigenvalue weighted by Crippen LogP contribution is -2.32. The van der Waals surface area contributed by atoms with Gasteiger partial charge in [0.05, 0.1) is 11.6 Å². The molecule has 0 fully saturated rings. The van der Waals surface area contributed by atoms with Crippen molar-refractivity contribution in [3.63, 3.8) is 0 Å². The fourth-order valence-corrected chi connectivity index (χ4v) is 2.39. The Balaban J connectivity index is 2.25. The van der Waals surface area contributed by atoms with Gasteiger partial charge in [0, 0.05) is 19.5 Å². The summed E-state index contributed by atoms with van der Waals surface area (Å²) in [4.78, 5) is 11.7. The molecule has 0 aliphatic rings. The quantitative estimate of drug-likeness (QED) is 0.678. The number of hydrogen-bond acceptors (Lipinski definition) is 3. The minimum absolute atomic E-state index is 0.0928. The Hall–Kier alpha value is -1.07. The van der Waals surface area contributed by atoms with Gasteiger partial charge in [-0.2, -0.15) is 0 Å². The van der Waals surface area contributed by atoms with Gasteiger partial charge in [-0.1, -0.05) is 13.0 Å². The molecule has 112 valence electrons. The van der Waals surface area contributed by atoms with Crippen molar-refractivity contribution in [1.29, 1.82) is 0 Å². The molecule has 0 saturated carbocycles. The molecule has 5 heteroatoms. The van der Waals surface area contributed by atoms with Crippen molar-refractivity contribution < 1.29 is 9.53 Å². The van der Waals surface area contributed by atoms with E-state index in [0.717, 1.165) is 41.7 Å². The molecular weight excluding hydrogens is 320 g/mol. The number of carbonyl (C=O) groups excluding carboxylic acids is 1. The predicted molar refractivity (Wildman–Crippen MR) is 85.2 cm³/mol. The van der Waals surface area contributed by atoms with Gasteiger partial charge in [-0.15, -0.1) is 0 Å². The van der Waals surface area contributed by atoms with Gasteiger partial charge < -0.3 is 15.4 Å². The molecule has 0 spiro atoms. The molecule has 0 aliphatic carbocycles. The molecule has 4 nitrogen and oxygen atoms in total. The number of nitrogens with one attached hydrogen (secondary N) is 2. The predicted octanol–water partition coefficient (Wildman–Crippen LogP) is 2.51. The molecule has 1 rings (SSSR count). The summed E-state index contributed by atoms with van der Waals surface area (Å²) in [5, 5.41) is 6.16. The Morgan fingerprint density at radius 3 is 2.75 bits per heavy atom. The summed E-state index contributed by atoms with van der Waals surface area (Å²) in [5.41, 5.74) is 1.12. The molecule has 0 radical (unpaired) electrons. The third-order valence-corrected chi connectivity index (χ3v) is 3.53. The Kier molecular flexibility index (Phi) is 8.30. The molecule has 0 aromatic heterocycles. The fourth-order valence-electron chi connectivity index (χ4n) is 1.80. The Labute approximate surface area is 129 Å². The number of ether oxygens (including phenoxy) is 1. The van der Waals surface area contributed by atoms with Crippen LogP contribution >= 0.6 is 15.9 Å². The molecule has 20 heavy (non-hydrogen) atoms. The number of amides is 1. The second-order valence-corrected chi connectivity index (χ2v) is 5.42. The average Bonchev–Trinajstić information content (AvgIpc) is 2.45. The van der Waals surface area contributed by atoms with Crippen molar-refractivity contribution >= 4 is 21.8 Å². The number of methoxy groups -OCH3 is 1. The van der Waals surface area contributed by atoms with Gasteiger partial charge in [0.25, 0.3) is 0 Å². The monoisotopic (exact) mass is 342 g/mol. The van der Waals surface area contributed by atoms with E-state index >= 15 is 0 Å². The molecule has 0 saturated heterocycles. The number of aryl methyl sites for hydroxylation is 1. The van der Waals surface area contributed by atoms with Gasteiger partial charge in [-0.25, -0.2) is 0 Å². The SMILES string of the molecule is CCCNCCNC(=O)CCc1ccc(OC)c(Br)c1. The number of rotatable bonds is 9. The normalized spacial score (nSPS) is 10.3. The maximum atomic E-state index is 11.7. The van der Waals surface area contributed by atoms with E-state index in [1.165, 1.54) is 0 Å². The first-order valence-electron chi connectivity index (χ1n) is 6.97. The molecule has 2 N–H and O–H groups in total. The molecule has 0 bridgehead atoms. The smallest absolute Gasteiger partial charge is 0.220 e. The van der Waals surface area contributed by atoms with Crippen LogP contribution in [0.1, 0.15) is 25.3 Å². The van der Waals surface area contributed by atoms with E-state index in [1.807, 2.05) is 18.2 Å². The number of carbonyl (C=O) groups is 1. The second kappa shape index (κ2) is 9.77. The van der Waals surface area contributed by atoms with Crippen molar-refractivity contribution in [2.45, 2.75) is 26.2 Å². The fraction of sp³-hybridized carbons (Fsp3) is 0.533. The van der Waals surface area contributed by atoms with Crippen molar-refractivity contribution in [1.82, 2.24) is 10.6 Å². The number of benzene rings is 1.